The lowest BCUT2D eigenvalue weighted by Crippen LogP contribution is -2.47. The van der Waals surface area contributed by atoms with E-state index >= 15 is 0 Å². The molecule has 0 spiro atoms. The Hall–Kier alpha value is -4.32. The molecule has 0 radical (unpaired) electrons. The maximum absolute atomic E-state index is 14.0. The minimum Gasteiger partial charge on any atom is -0.386 e. The van der Waals surface area contributed by atoms with Gasteiger partial charge in [-0.3, -0.25) is 14.5 Å². The summed E-state index contributed by atoms with van der Waals surface area (Å²) in [6.07, 6.45) is 5.57. The molecule has 6 nitrogen and oxygen atoms in total. The Labute approximate surface area is 224 Å². The molecule has 2 aliphatic rings. The van der Waals surface area contributed by atoms with Gasteiger partial charge in [0.05, 0.1) is 11.1 Å². The van der Waals surface area contributed by atoms with Crippen LogP contribution in [0.2, 0.25) is 0 Å². The molecule has 0 saturated carbocycles. The summed E-state index contributed by atoms with van der Waals surface area (Å²) >= 11 is 0. The summed E-state index contributed by atoms with van der Waals surface area (Å²) < 4.78 is 4.96. The van der Waals surface area contributed by atoms with Crippen molar-refractivity contribution in [1.29, 1.82) is 0 Å². The Kier molecular flexibility index (Phi) is 5.24. The zero-order chi connectivity index (χ0) is 27.0. The van der Waals surface area contributed by atoms with E-state index in [0.29, 0.717) is 33.0 Å². The van der Waals surface area contributed by atoms with Crippen LogP contribution in [0.5, 0.6) is 0 Å². The number of carbonyl (C=O) groups is 4. The smallest absolute Gasteiger partial charge is 0.346 e. The number of cyclic esters (lactones) is 2. The highest BCUT2D eigenvalue weighted by Crippen LogP contribution is 2.46. The van der Waals surface area contributed by atoms with Gasteiger partial charge in [0.1, 0.15) is 0 Å². The summed E-state index contributed by atoms with van der Waals surface area (Å²) in [5, 5.41) is 6.48. The molecule has 0 atom stereocenters. The van der Waals surface area contributed by atoms with Crippen LogP contribution in [0.25, 0.3) is 43.1 Å². The molecular formula is C33H27NO5. The van der Waals surface area contributed by atoms with Gasteiger partial charge in [-0.1, -0.05) is 63.8 Å². The molecule has 6 heteroatoms. The van der Waals surface area contributed by atoms with Crippen molar-refractivity contribution < 1.29 is 23.9 Å². The van der Waals surface area contributed by atoms with Gasteiger partial charge in [0.25, 0.3) is 11.8 Å². The highest BCUT2D eigenvalue weighted by atomic mass is 16.6. The van der Waals surface area contributed by atoms with E-state index in [1.165, 1.54) is 4.90 Å². The van der Waals surface area contributed by atoms with Crippen molar-refractivity contribution >= 4 is 66.8 Å². The third-order valence-electron chi connectivity index (χ3n) is 8.57. The lowest BCUT2D eigenvalue weighted by Gasteiger charge is -2.34. The summed E-state index contributed by atoms with van der Waals surface area (Å²) in [6, 6.07) is 14.6. The predicted molar refractivity (Wildman–Crippen MR) is 151 cm³/mol. The molecule has 2 amide bonds. The number of ether oxygens (including phenoxy) is 1. The number of esters is 2. The van der Waals surface area contributed by atoms with Crippen molar-refractivity contribution in [3.8, 4) is 0 Å². The van der Waals surface area contributed by atoms with E-state index in [1.54, 1.807) is 12.1 Å². The Bertz CT molecular complexity index is 1780. The first-order chi connectivity index (χ1) is 19.0. The molecule has 0 aliphatic carbocycles. The van der Waals surface area contributed by atoms with Gasteiger partial charge < -0.3 is 4.74 Å². The van der Waals surface area contributed by atoms with E-state index in [-0.39, 0.29) is 17.9 Å². The Morgan fingerprint density at radius 3 is 1.36 bits per heavy atom. The van der Waals surface area contributed by atoms with Crippen molar-refractivity contribution in [2.24, 2.45) is 0 Å². The summed E-state index contributed by atoms with van der Waals surface area (Å²) in [7, 11) is 0. The minimum atomic E-state index is -0.649. The number of nitrogens with zero attached hydrogens (tertiary/aromatic N) is 1. The van der Waals surface area contributed by atoms with Gasteiger partial charge in [-0.05, 0) is 69.4 Å². The van der Waals surface area contributed by atoms with E-state index < -0.39 is 11.9 Å². The van der Waals surface area contributed by atoms with Crippen molar-refractivity contribution in [2.45, 2.75) is 58.4 Å². The quantitative estimate of drug-likeness (QED) is 0.0739. The van der Waals surface area contributed by atoms with Crippen LogP contribution >= 0.6 is 0 Å². The highest BCUT2D eigenvalue weighted by molar-refractivity contribution is 6.40. The third kappa shape index (κ3) is 3.14. The lowest BCUT2D eigenvalue weighted by atomic mass is 9.82. The lowest BCUT2D eigenvalue weighted by molar-refractivity contribution is 0.0389. The van der Waals surface area contributed by atoms with Crippen molar-refractivity contribution in [1.82, 2.24) is 4.90 Å². The molecule has 0 saturated heterocycles. The van der Waals surface area contributed by atoms with Gasteiger partial charge in [0.2, 0.25) is 0 Å². The molecule has 194 valence electrons. The molecule has 0 aromatic heterocycles. The topological polar surface area (TPSA) is 80.8 Å². The van der Waals surface area contributed by atoms with Crippen LogP contribution in [-0.4, -0.2) is 34.7 Å². The first-order valence-electron chi connectivity index (χ1n) is 13.8. The van der Waals surface area contributed by atoms with Crippen molar-refractivity contribution in [3.05, 3.63) is 70.8 Å². The zero-order valence-corrected chi connectivity index (χ0v) is 21.9. The van der Waals surface area contributed by atoms with E-state index in [0.717, 1.165) is 70.8 Å². The van der Waals surface area contributed by atoms with Gasteiger partial charge >= 0.3 is 11.9 Å². The Morgan fingerprint density at radius 1 is 0.564 bits per heavy atom. The molecule has 2 heterocycles. The summed E-state index contributed by atoms with van der Waals surface area (Å²) in [6.45, 7) is 4.25. The maximum atomic E-state index is 14.0. The Morgan fingerprint density at radius 2 is 0.949 bits per heavy atom. The highest BCUT2D eigenvalue weighted by Gasteiger charge is 2.38. The fourth-order valence-electron chi connectivity index (χ4n) is 6.75. The maximum Gasteiger partial charge on any atom is 0.346 e. The number of hydrogen-bond acceptors (Lipinski definition) is 5. The van der Waals surface area contributed by atoms with Crippen LogP contribution in [0, 0.1) is 0 Å². The standard InChI is InChI=1S/C33H27NO5/c1-3-5-7-17(8-6-4-2)34-30(35)22-13-9-18-20-11-15-24-29-25(33(38)39-32(24)37)16-12-21(27(20)29)19-10-14-23(31(34)36)28(22)26(18)19/h9-17H,3-8H2,1-2H3. The normalized spacial score (nSPS) is 15.1. The average Bonchev–Trinajstić information content (AvgIpc) is 2.94. The predicted octanol–water partition coefficient (Wildman–Crippen LogP) is 7.39. The Balaban J connectivity index is 1.51. The largest absolute Gasteiger partial charge is 0.386 e. The van der Waals surface area contributed by atoms with E-state index in [1.807, 2.05) is 36.4 Å². The number of hydrogen-bond donors (Lipinski definition) is 0. The van der Waals surface area contributed by atoms with E-state index in [9.17, 15) is 19.2 Å². The number of amides is 2. The molecule has 0 fully saturated rings. The van der Waals surface area contributed by atoms with Crippen LogP contribution in [-0.2, 0) is 4.74 Å². The fraction of sp³-hybridized carbons (Fsp3) is 0.273. The first kappa shape index (κ1) is 23.8. The zero-order valence-electron chi connectivity index (χ0n) is 21.9. The molecule has 39 heavy (non-hydrogen) atoms. The van der Waals surface area contributed by atoms with Crippen LogP contribution in [0.1, 0.15) is 93.8 Å². The van der Waals surface area contributed by atoms with E-state index in [4.69, 9.17) is 4.74 Å². The summed E-state index contributed by atoms with van der Waals surface area (Å²) in [5.74, 6) is -1.75. The van der Waals surface area contributed by atoms with Gasteiger partial charge in [-0.15, -0.1) is 0 Å². The summed E-state index contributed by atoms with van der Waals surface area (Å²) in [5.41, 5.74) is 1.84. The number of carbonyl (C=O) groups excluding carboxylic acids is 4. The van der Waals surface area contributed by atoms with Crippen LogP contribution in [0.15, 0.2) is 48.5 Å². The second-order valence-corrected chi connectivity index (χ2v) is 10.7. The van der Waals surface area contributed by atoms with Crippen LogP contribution in [0.4, 0.5) is 0 Å². The number of fused-ring (bicyclic) bond motifs is 2. The van der Waals surface area contributed by atoms with E-state index in [2.05, 4.69) is 13.8 Å². The molecular weight excluding hydrogens is 490 g/mol. The molecule has 2 aliphatic heterocycles. The average molecular weight is 518 g/mol. The van der Waals surface area contributed by atoms with Crippen molar-refractivity contribution in [3.63, 3.8) is 0 Å². The van der Waals surface area contributed by atoms with Crippen molar-refractivity contribution in [2.75, 3.05) is 0 Å². The molecule has 0 bridgehead atoms. The summed E-state index contributed by atoms with van der Waals surface area (Å²) in [4.78, 5) is 54.6. The monoisotopic (exact) mass is 517 g/mol. The number of benzene rings is 5. The van der Waals surface area contributed by atoms with Crippen LogP contribution < -0.4 is 0 Å². The second-order valence-electron chi connectivity index (χ2n) is 10.7. The van der Waals surface area contributed by atoms with Gasteiger partial charge in [0, 0.05) is 27.9 Å². The molecule has 7 rings (SSSR count). The third-order valence-corrected chi connectivity index (χ3v) is 8.57. The molecule has 5 aromatic rings. The molecule has 0 unspecified atom stereocenters. The van der Waals surface area contributed by atoms with Crippen LogP contribution in [0.3, 0.4) is 0 Å². The molecule has 5 aromatic carbocycles. The SMILES string of the molecule is CCCCC(CCCC)N1C(=O)c2ccc3c4ccc5c6c(ccc(c7ccc(c2c37)C1=O)c64)C(=O)OC5=O. The second kappa shape index (κ2) is 8.60. The first-order valence-corrected chi connectivity index (χ1v) is 13.8. The number of unbranched alkanes of at least 4 members (excludes halogenated alkanes) is 2. The number of imide groups is 1. The minimum absolute atomic E-state index is 0.116. The molecule has 0 N–H and O–H groups in total. The number of rotatable bonds is 7. The van der Waals surface area contributed by atoms with Gasteiger partial charge in [0.15, 0.2) is 0 Å². The fourth-order valence-corrected chi connectivity index (χ4v) is 6.75. The van der Waals surface area contributed by atoms with Gasteiger partial charge in [-0.2, -0.15) is 0 Å². The van der Waals surface area contributed by atoms with Gasteiger partial charge in [-0.25, -0.2) is 9.59 Å².